The Labute approximate surface area is 216 Å². The molecule has 0 bridgehead atoms. The summed E-state index contributed by atoms with van der Waals surface area (Å²) in [5.41, 5.74) is 0. The van der Waals surface area contributed by atoms with Crippen molar-refractivity contribution in [1.82, 2.24) is 9.80 Å². The van der Waals surface area contributed by atoms with E-state index in [1.807, 2.05) is 16.7 Å². The third-order valence-corrected chi connectivity index (χ3v) is 5.25. The Kier molecular flexibility index (Phi) is 13.7. The number of piperazine rings is 1. The minimum Gasteiger partial charge on any atom is -0.465 e. The van der Waals surface area contributed by atoms with E-state index in [2.05, 4.69) is 0 Å². The smallest absolute Gasteiger partial charge is 0.328 e. The molecule has 1 saturated heterocycles. The predicted molar refractivity (Wildman–Crippen MR) is 130 cm³/mol. The van der Waals surface area contributed by atoms with Gasteiger partial charge in [0, 0.05) is 38.1 Å². The van der Waals surface area contributed by atoms with Gasteiger partial charge in [-0.3, -0.25) is 28.8 Å². The van der Waals surface area contributed by atoms with Gasteiger partial charge in [0.1, 0.15) is 0 Å². The molecule has 0 aromatic carbocycles. The van der Waals surface area contributed by atoms with E-state index in [1.54, 1.807) is 27.7 Å². The second kappa shape index (κ2) is 16.1. The molecule has 1 unspecified atom stereocenters. The molecule has 1 fully saturated rings. The normalized spacial score (nSPS) is 15.8. The number of esters is 4. The molecule has 206 valence electrons. The van der Waals surface area contributed by atoms with E-state index < -0.39 is 47.3 Å². The molecule has 0 N–H and O–H groups in total. The molecule has 12 nitrogen and oxygen atoms in total. The largest absolute Gasteiger partial charge is 0.465 e. The molecule has 0 aromatic heterocycles. The summed E-state index contributed by atoms with van der Waals surface area (Å²) in [4.78, 5) is 77.2. The van der Waals surface area contributed by atoms with E-state index in [9.17, 15) is 28.8 Å². The van der Waals surface area contributed by atoms with Crippen molar-refractivity contribution >= 4 is 35.4 Å². The van der Waals surface area contributed by atoms with Crippen LogP contribution < -0.4 is 0 Å². The lowest BCUT2D eigenvalue weighted by Crippen LogP contribution is -2.47. The van der Waals surface area contributed by atoms with Gasteiger partial charge in [0.15, 0.2) is 11.6 Å². The molecule has 1 heterocycles. The molecule has 0 saturated carbocycles. The van der Waals surface area contributed by atoms with Gasteiger partial charge in [-0.15, -0.1) is 0 Å². The third-order valence-electron chi connectivity index (χ3n) is 5.25. The van der Waals surface area contributed by atoms with Gasteiger partial charge in [-0.2, -0.15) is 0 Å². The summed E-state index contributed by atoms with van der Waals surface area (Å²) >= 11 is 0. The Morgan fingerprint density at radius 3 is 1.41 bits per heavy atom. The highest BCUT2D eigenvalue weighted by atomic mass is 16.6. The van der Waals surface area contributed by atoms with Gasteiger partial charge in [0.2, 0.25) is 11.8 Å². The maximum Gasteiger partial charge on any atom is 0.328 e. The Morgan fingerprint density at radius 1 is 0.676 bits per heavy atom. The molecule has 37 heavy (non-hydrogen) atoms. The highest BCUT2D eigenvalue weighted by Crippen LogP contribution is 2.14. The first-order valence-corrected chi connectivity index (χ1v) is 12.2. The fourth-order valence-corrected chi connectivity index (χ4v) is 3.46. The molecular weight excluding hydrogens is 488 g/mol. The van der Waals surface area contributed by atoms with Gasteiger partial charge in [-0.05, 0) is 46.8 Å². The minimum absolute atomic E-state index is 0.0150. The maximum absolute atomic E-state index is 12.6. The number of ketones is 2. The summed E-state index contributed by atoms with van der Waals surface area (Å²) in [6.45, 7) is 9.56. The Balaban J connectivity index is 2.83. The second-order valence-corrected chi connectivity index (χ2v) is 7.89. The Morgan fingerprint density at radius 2 is 1.05 bits per heavy atom. The Bertz CT molecular complexity index is 862. The number of rotatable bonds is 14. The molecule has 0 spiro atoms. The van der Waals surface area contributed by atoms with E-state index in [4.69, 9.17) is 18.9 Å². The van der Waals surface area contributed by atoms with Crippen LogP contribution in [0.4, 0.5) is 0 Å². The lowest BCUT2D eigenvalue weighted by molar-refractivity contribution is -0.165. The van der Waals surface area contributed by atoms with Gasteiger partial charge < -0.3 is 28.7 Å². The Hall–Kier alpha value is -3.70. The number of hydrogen-bond donors (Lipinski definition) is 0. The minimum atomic E-state index is -1.69. The van der Waals surface area contributed by atoms with Crippen LogP contribution in [0.1, 0.15) is 34.6 Å². The summed E-state index contributed by atoms with van der Waals surface area (Å²) in [7, 11) is 0. The molecular formula is C25H36N2O10. The number of carbonyl (C=O) groups is 6. The van der Waals surface area contributed by atoms with Crippen molar-refractivity contribution in [2.45, 2.75) is 40.7 Å². The van der Waals surface area contributed by atoms with Crippen molar-refractivity contribution in [3.63, 3.8) is 0 Å². The van der Waals surface area contributed by atoms with Crippen LogP contribution in [0.15, 0.2) is 24.6 Å². The zero-order valence-corrected chi connectivity index (χ0v) is 22.0. The quantitative estimate of drug-likeness (QED) is 0.136. The summed E-state index contributed by atoms with van der Waals surface area (Å²) < 4.78 is 19.3. The van der Waals surface area contributed by atoms with Gasteiger partial charge in [-0.1, -0.05) is 0 Å². The molecule has 1 rings (SSSR count). The van der Waals surface area contributed by atoms with Crippen LogP contribution in [-0.2, 0) is 47.7 Å². The number of hydrogen-bond acceptors (Lipinski definition) is 12. The van der Waals surface area contributed by atoms with E-state index in [1.165, 1.54) is 12.4 Å². The van der Waals surface area contributed by atoms with E-state index in [-0.39, 0.29) is 32.5 Å². The van der Waals surface area contributed by atoms with E-state index in [0.29, 0.717) is 19.6 Å². The first-order chi connectivity index (χ1) is 17.6. The second-order valence-electron chi connectivity index (χ2n) is 7.89. The van der Waals surface area contributed by atoms with Crippen LogP contribution in [0.5, 0.6) is 0 Å². The summed E-state index contributed by atoms with van der Waals surface area (Å²) in [5.74, 6) is -8.73. The van der Waals surface area contributed by atoms with Crippen molar-refractivity contribution in [2.75, 3.05) is 46.1 Å². The highest BCUT2D eigenvalue weighted by Gasteiger charge is 2.36. The van der Waals surface area contributed by atoms with Crippen LogP contribution in [-0.4, -0.2) is 97.3 Å². The highest BCUT2D eigenvalue weighted by molar-refractivity contribution is 6.19. The monoisotopic (exact) mass is 524 g/mol. The first kappa shape index (κ1) is 31.3. The standard InChI is InChI=1S/C25H36N2O10/c1-6-34-22(30)20(23(31)35-7-2)18(28)10-12-26-14-15-27(17(5)16-26)13-11-19(29)21(24(32)36-8-3)25(33)37-9-4/h10-13,17,20-21H,6-9,14-16H2,1-5H3/b12-10+,13-11+. The molecule has 0 amide bonds. The molecule has 0 aliphatic carbocycles. The lowest BCUT2D eigenvalue weighted by atomic mass is 10.0. The zero-order chi connectivity index (χ0) is 28.0. The van der Waals surface area contributed by atoms with Crippen LogP contribution in [0, 0.1) is 11.8 Å². The number of carbonyl (C=O) groups excluding carboxylic acids is 6. The van der Waals surface area contributed by atoms with Crippen LogP contribution in [0.3, 0.4) is 0 Å². The molecule has 1 aliphatic rings. The average molecular weight is 525 g/mol. The number of ether oxygens (including phenoxy) is 4. The topological polar surface area (TPSA) is 146 Å². The third kappa shape index (κ3) is 9.70. The lowest BCUT2D eigenvalue weighted by Gasteiger charge is -2.39. The van der Waals surface area contributed by atoms with Crippen LogP contribution in [0.25, 0.3) is 0 Å². The van der Waals surface area contributed by atoms with Crippen molar-refractivity contribution in [3.05, 3.63) is 24.6 Å². The maximum atomic E-state index is 12.6. The fourth-order valence-electron chi connectivity index (χ4n) is 3.46. The van der Waals surface area contributed by atoms with Gasteiger partial charge in [0.05, 0.1) is 26.4 Å². The molecule has 0 radical (unpaired) electrons. The summed E-state index contributed by atoms with van der Waals surface area (Å²) in [6.07, 6.45) is 5.28. The summed E-state index contributed by atoms with van der Waals surface area (Å²) in [6, 6.07) is -0.118. The van der Waals surface area contributed by atoms with Crippen molar-refractivity contribution in [3.8, 4) is 0 Å². The van der Waals surface area contributed by atoms with Gasteiger partial charge in [-0.25, -0.2) is 0 Å². The molecule has 1 aliphatic heterocycles. The first-order valence-electron chi connectivity index (χ1n) is 12.2. The van der Waals surface area contributed by atoms with Crippen LogP contribution >= 0.6 is 0 Å². The number of nitrogens with zero attached hydrogens (tertiary/aromatic N) is 2. The van der Waals surface area contributed by atoms with Crippen molar-refractivity contribution in [1.29, 1.82) is 0 Å². The number of allylic oxidation sites excluding steroid dienone is 2. The SMILES string of the molecule is CCOC(=O)C(C(=O)/C=C/N1CCN(/C=C/C(=O)C(C(=O)OCC)C(=O)OCC)C(C)C1)C(=O)OCC. The van der Waals surface area contributed by atoms with Gasteiger partial charge >= 0.3 is 23.9 Å². The van der Waals surface area contributed by atoms with Gasteiger partial charge in [0.25, 0.3) is 0 Å². The van der Waals surface area contributed by atoms with Crippen LogP contribution in [0.2, 0.25) is 0 Å². The van der Waals surface area contributed by atoms with Crippen molar-refractivity contribution in [2.24, 2.45) is 11.8 Å². The summed E-state index contributed by atoms with van der Waals surface area (Å²) in [5, 5.41) is 0. The molecule has 0 aromatic rings. The van der Waals surface area contributed by atoms with Crippen molar-refractivity contribution < 1.29 is 47.7 Å². The molecule has 1 atom stereocenters. The predicted octanol–water partition coefficient (Wildman–Crippen LogP) is 0.643. The average Bonchev–Trinajstić information content (AvgIpc) is 2.83. The molecule has 12 heteroatoms. The fraction of sp³-hybridized carbons (Fsp3) is 0.600. The van der Waals surface area contributed by atoms with E-state index in [0.717, 1.165) is 12.2 Å². The van der Waals surface area contributed by atoms with E-state index >= 15 is 0 Å². The zero-order valence-electron chi connectivity index (χ0n) is 22.0.